The molecule has 0 aromatic carbocycles. The van der Waals surface area contributed by atoms with Crippen molar-refractivity contribution in [1.82, 2.24) is 10.3 Å². The lowest BCUT2D eigenvalue weighted by molar-refractivity contribution is 0.0944. The Bertz CT molecular complexity index is 537. The van der Waals surface area contributed by atoms with Gasteiger partial charge in [0, 0.05) is 16.9 Å². The smallest absolute Gasteiger partial charge is 0.261 e. The molecule has 18 heavy (non-hydrogen) atoms. The Morgan fingerprint density at radius 1 is 1.39 bits per heavy atom. The molecule has 1 amide bonds. The van der Waals surface area contributed by atoms with Crippen LogP contribution < -0.4 is 5.32 Å². The number of pyridine rings is 1. The second kappa shape index (κ2) is 5.95. The van der Waals surface area contributed by atoms with Gasteiger partial charge in [0.15, 0.2) is 0 Å². The van der Waals surface area contributed by atoms with Crippen molar-refractivity contribution >= 4 is 49.1 Å². The van der Waals surface area contributed by atoms with Crippen LogP contribution in [0.3, 0.4) is 0 Å². The lowest BCUT2D eigenvalue weighted by Crippen LogP contribution is -2.25. The Hall–Kier alpha value is -0.720. The average Bonchev–Trinajstić information content (AvgIpc) is 2.71. The fourth-order valence-electron chi connectivity index (χ4n) is 1.46. The molecule has 2 rings (SSSR count). The topological polar surface area (TPSA) is 42.0 Å². The van der Waals surface area contributed by atoms with Gasteiger partial charge in [0.1, 0.15) is 0 Å². The average molecular weight is 390 g/mol. The molecule has 0 bridgehead atoms. The van der Waals surface area contributed by atoms with Crippen LogP contribution in [-0.2, 0) is 0 Å². The van der Waals surface area contributed by atoms with Crippen LogP contribution >= 0.6 is 43.2 Å². The summed E-state index contributed by atoms with van der Waals surface area (Å²) >= 11 is 8.15. The van der Waals surface area contributed by atoms with Gasteiger partial charge in [0.2, 0.25) is 0 Å². The summed E-state index contributed by atoms with van der Waals surface area (Å²) < 4.78 is 1.82. The Morgan fingerprint density at radius 2 is 2.06 bits per heavy atom. The Kier molecular flexibility index (Phi) is 4.53. The van der Waals surface area contributed by atoms with E-state index in [2.05, 4.69) is 42.2 Å². The summed E-state index contributed by atoms with van der Waals surface area (Å²) in [7, 11) is 0. The molecule has 0 aliphatic carbocycles. The van der Waals surface area contributed by atoms with Gasteiger partial charge in [-0.2, -0.15) is 0 Å². The number of hydrogen-bond acceptors (Lipinski definition) is 3. The van der Waals surface area contributed by atoms with Gasteiger partial charge in [-0.1, -0.05) is 0 Å². The zero-order valence-corrected chi connectivity index (χ0v) is 13.5. The standard InChI is InChI=1S/C12H10Br2N2OS/c1-7(8-2-4-15-5-3-8)16-12(17)10-6-9(13)11(14)18-10/h2-7H,1H3,(H,16,17)/t7-/m0/s1. The van der Waals surface area contributed by atoms with E-state index in [-0.39, 0.29) is 11.9 Å². The molecule has 2 aromatic heterocycles. The van der Waals surface area contributed by atoms with E-state index in [1.165, 1.54) is 11.3 Å². The highest BCUT2D eigenvalue weighted by Gasteiger charge is 2.15. The van der Waals surface area contributed by atoms with Gasteiger partial charge in [-0.25, -0.2) is 0 Å². The number of rotatable bonds is 3. The molecule has 3 nitrogen and oxygen atoms in total. The van der Waals surface area contributed by atoms with Crippen molar-refractivity contribution in [3.63, 3.8) is 0 Å². The molecule has 6 heteroatoms. The van der Waals surface area contributed by atoms with Crippen molar-refractivity contribution in [3.8, 4) is 0 Å². The minimum absolute atomic E-state index is 0.0415. The summed E-state index contributed by atoms with van der Waals surface area (Å²) in [6.45, 7) is 1.95. The third-order valence-corrected chi connectivity index (χ3v) is 5.68. The molecule has 1 N–H and O–H groups in total. The van der Waals surface area contributed by atoms with Crippen LogP contribution in [0, 0.1) is 0 Å². The first-order valence-electron chi connectivity index (χ1n) is 5.23. The quantitative estimate of drug-likeness (QED) is 0.856. The van der Waals surface area contributed by atoms with Gasteiger partial charge in [-0.05, 0) is 62.5 Å². The largest absolute Gasteiger partial charge is 0.345 e. The summed E-state index contributed by atoms with van der Waals surface area (Å²) in [6.07, 6.45) is 3.44. The number of halogens is 2. The lowest BCUT2D eigenvalue weighted by Gasteiger charge is -2.13. The highest BCUT2D eigenvalue weighted by molar-refractivity contribution is 9.13. The third kappa shape index (κ3) is 3.18. The van der Waals surface area contributed by atoms with Crippen molar-refractivity contribution in [3.05, 3.63) is 49.3 Å². The number of nitrogens with one attached hydrogen (secondary N) is 1. The van der Waals surface area contributed by atoms with Crippen LogP contribution in [-0.4, -0.2) is 10.9 Å². The third-order valence-electron chi connectivity index (χ3n) is 2.42. The van der Waals surface area contributed by atoms with Gasteiger partial charge in [0.05, 0.1) is 14.7 Å². The maximum atomic E-state index is 12.0. The van der Waals surface area contributed by atoms with Crippen LogP contribution in [0.25, 0.3) is 0 Å². The van der Waals surface area contributed by atoms with Crippen molar-refractivity contribution in [2.24, 2.45) is 0 Å². The van der Waals surface area contributed by atoms with Crippen LogP contribution in [0.5, 0.6) is 0 Å². The molecule has 0 saturated carbocycles. The van der Waals surface area contributed by atoms with E-state index >= 15 is 0 Å². The SMILES string of the molecule is C[C@H](NC(=O)c1cc(Br)c(Br)s1)c1ccncc1. The van der Waals surface area contributed by atoms with E-state index in [0.29, 0.717) is 4.88 Å². The van der Waals surface area contributed by atoms with Crippen molar-refractivity contribution in [2.75, 3.05) is 0 Å². The number of aromatic nitrogens is 1. The summed E-state index contributed by atoms with van der Waals surface area (Å²) in [6, 6.07) is 5.56. The van der Waals surface area contributed by atoms with Crippen molar-refractivity contribution in [2.45, 2.75) is 13.0 Å². The molecule has 0 aliphatic heterocycles. The van der Waals surface area contributed by atoms with E-state index in [1.54, 1.807) is 12.4 Å². The first-order valence-corrected chi connectivity index (χ1v) is 7.64. The van der Waals surface area contributed by atoms with Crippen LogP contribution in [0.1, 0.15) is 28.2 Å². The maximum Gasteiger partial charge on any atom is 0.261 e. The predicted octanol–water partition coefficient (Wildman–Crippen LogP) is 4.16. The monoisotopic (exact) mass is 388 g/mol. The number of hydrogen-bond donors (Lipinski definition) is 1. The highest BCUT2D eigenvalue weighted by atomic mass is 79.9. The first-order chi connectivity index (χ1) is 8.58. The lowest BCUT2D eigenvalue weighted by atomic mass is 10.1. The summed E-state index contributed by atoms with van der Waals surface area (Å²) in [5.74, 6) is -0.0734. The first kappa shape index (κ1) is 13.7. The van der Waals surface area contributed by atoms with E-state index in [0.717, 1.165) is 13.8 Å². The molecular weight excluding hydrogens is 380 g/mol. The second-order valence-electron chi connectivity index (χ2n) is 3.71. The molecule has 0 spiro atoms. The fraction of sp³-hybridized carbons (Fsp3) is 0.167. The van der Waals surface area contributed by atoms with Crippen molar-refractivity contribution in [1.29, 1.82) is 0 Å². The molecule has 0 unspecified atom stereocenters. The zero-order chi connectivity index (χ0) is 13.1. The van der Waals surface area contributed by atoms with Gasteiger partial charge in [-0.15, -0.1) is 11.3 Å². The van der Waals surface area contributed by atoms with Gasteiger partial charge >= 0.3 is 0 Å². The van der Waals surface area contributed by atoms with E-state index < -0.39 is 0 Å². The summed E-state index contributed by atoms with van der Waals surface area (Å²) in [5.41, 5.74) is 1.04. The van der Waals surface area contributed by atoms with Crippen molar-refractivity contribution < 1.29 is 4.79 Å². The van der Waals surface area contributed by atoms with Gasteiger partial charge in [-0.3, -0.25) is 9.78 Å². The van der Waals surface area contributed by atoms with E-state index in [9.17, 15) is 4.79 Å². The Morgan fingerprint density at radius 3 is 2.61 bits per heavy atom. The molecule has 94 valence electrons. The molecule has 0 fully saturated rings. The number of thiophene rings is 1. The number of carbonyl (C=O) groups excluding carboxylic acids is 1. The molecule has 2 aromatic rings. The van der Waals surface area contributed by atoms with Gasteiger partial charge < -0.3 is 5.32 Å². The van der Waals surface area contributed by atoms with Crippen LogP contribution in [0.4, 0.5) is 0 Å². The zero-order valence-electron chi connectivity index (χ0n) is 9.48. The summed E-state index contributed by atoms with van der Waals surface area (Å²) in [5, 5.41) is 2.96. The van der Waals surface area contributed by atoms with Crippen LogP contribution in [0.15, 0.2) is 38.9 Å². The molecule has 0 radical (unpaired) electrons. The van der Waals surface area contributed by atoms with E-state index in [4.69, 9.17) is 0 Å². The highest BCUT2D eigenvalue weighted by Crippen LogP contribution is 2.32. The minimum Gasteiger partial charge on any atom is -0.345 e. The molecular formula is C12H10Br2N2OS. The Balaban J connectivity index is 2.08. The van der Waals surface area contributed by atoms with E-state index in [1.807, 2.05) is 25.1 Å². The summed E-state index contributed by atoms with van der Waals surface area (Å²) in [4.78, 5) is 16.7. The number of carbonyl (C=O) groups is 1. The molecule has 0 aliphatic rings. The molecule has 2 heterocycles. The number of nitrogens with zero attached hydrogens (tertiary/aromatic N) is 1. The molecule has 0 saturated heterocycles. The minimum atomic E-state index is -0.0734. The number of amides is 1. The molecule has 1 atom stereocenters. The second-order valence-corrected chi connectivity index (χ2v) is 6.93. The fourth-order valence-corrected chi connectivity index (χ4v) is 3.40. The maximum absolute atomic E-state index is 12.0. The van der Waals surface area contributed by atoms with Crippen LogP contribution in [0.2, 0.25) is 0 Å². The normalized spacial score (nSPS) is 12.2. The predicted molar refractivity (Wildman–Crippen MR) is 79.8 cm³/mol. The Labute approximate surface area is 126 Å². The van der Waals surface area contributed by atoms with Gasteiger partial charge in [0.25, 0.3) is 5.91 Å².